The van der Waals surface area contributed by atoms with Crippen molar-refractivity contribution < 1.29 is 0 Å². The predicted molar refractivity (Wildman–Crippen MR) is 105 cm³/mol. The number of imidazole rings is 1. The standard InChI is InChI=1S/C21H20N4S/c1-2-10-22-17(5-1)14-24-11-3-6-18(24)21-19-9-8-16(13-25(19)15-23-21)20-7-4-12-26-20/h1-2,4-5,7-10,12-13,15,18H,3,6,11,14H2/t18-/m0/s1. The molecule has 0 aromatic carbocycles. The van der Waals surface area contributed by atoms with Gasteiger partial charge in [0.1, 0.15) is 0 Å². The summed E-state index contributed by atoms with van der Waals surface area (Å²) < 4.78 is 2.17. The van der Waals surface area contributed by atoms with E-state index in [1.165, 1.54) is 28.1 Å². The Balaban J connectivity index is 1.46. The van der Waals surface area contributed by atoms with Gasteiger partial charge < -0.3 is 4.40 Å². The molecule has 1 aliphatic rings. The van der Waals surface area contributed by atoms with E-state index in [-0.39, 0.29) is 0 Å². The maximum atomic E-state index is 4.80. The zero-order valence-electron chi connectivity index (χ0n) is 14.5. The average Bonchev–Trinajstić information content (AvgIpc) is 3.42. The Kier molecular flexibility index (Phi) is 4.03. The highest BCUT2D eigenvalue weighted by atomic mass is 32.1. The molecule has 4 nitrogen and oxygen atoms in total. The van der Waals surface area contributed by atoms with E-state index >= 15 is 0 Å². The molecule has 0 N–H and O–H groups in total. The van der Waals surface area contributed by atoms with Gasteiger partial charge in [0, 0.05) is 29.4 Å². The van der Waals surface area contributed by atoms with Crippen molar-refractivity contribution in [2.45, 2.75) is 25.4 Å². The van der Waals surface area contributed by atoms with E-state index in [9.17, 15) is 0 Å². The summed E-state index contributed by atoms with van der Waals surface area (Å²) >= 11 is 1.77. The number of hydrogen-bond donors (Lipinski definition) is 0. The van der Waals surface area contributed by atoms with Crippen molar-refractivity contribution in [1.29, 1.82) is 0 Å². The highest BCUT2D eigenvalue weighted by Gasteiger charge is 2.29. The fourth-order valence-corrected chi connectivity index (χ4v) is 4.61. The molecule has 0 radical (unpaired) electrons. The molecule has 4 aromatic heterocycles. The second kappa shape index (κ2) is 6.67. The Hall–Kier alpha value is -2.50. The largest absolute Gasteiger partial charge is 0.305 e. The number of pyridine rings is 2. The lowest BCUT2D eigenvalue weighted by Gasteiger charge is -2.23. The average molecular weight is 360 g/mol. The first-order chi connectivity index (χ1) is 12.9. The van der Waals surface area contributed by atoms with E-state index < -0.39 is 0 Å². The molecular weight excluding hydrogens is 340 g/mol. The van der Waals surface area contributed by atoms with Crippen LogP contribution in [0, 0.1) is 0 Å². The molecule has 1 atom stereocenters. The molecule has 26 heavy (non-hydrogen) atoms. The van der Waals surface area contributed by atoms with Crippen molar-refractivity contribution in [3.05, 3.63) is 78.0 Å². The van der Waals surface area contributed by atoms with E-state index in [4.69, 9.17) is 4.98 Å². The first kappa shape index (κ1) is 15.7. The lowest BCUT2D eigenvalue weighted by Crippen LogP contribution is -2.23. The van der Waals surface area contributed by atoms with Gasteiger partial charge in [-0.2, -0.15) is 0 Å². The van der Waals surface area contributed by atoms with E-state index in [1.54, 1.807) is 11.3 Å². The molecule has 0 aliphatic carbocycles. The molecule has 130 valence electrons. The maximum absolute atomic E-state index is 4.80. The lowest BCUT2D eigenvalue weighted by atomic mass is 10.1. The van der Waals surface area contributed by atoms with E-state index in [0.29, 0.717) is 6.04 Å². The van der Waals surface area contributed by atoms with Gasteiger partial charge in [0.05, 0.1) is 29.3 Å². The number of nitrogens with zero attached hydrogens (tertiary/aromatic N) is 4. The van der Waals surface area contributed by atoms with Gasteiger partial charge in [-0.25, -0.2) is 4.98 Å². The van der Waals surface area contributed by atoms with Crippen LogP contribution < -0.4 is 0 Å². The summed E-state index contributed by atoms with van der Waals surface area (Å²) in [5.74, 6) is 0. The second-order valence-corrected chi connectivity index (χ2v) is 7.71. The predicted octanol–water partition coefficient (Wildman–Crippen LogP) is 4.79. The monoisotopic (exact) mass is 360 g/mol. The Morgan fingerprint density at radius 3 is 2.92 bits per heavy atom. The number of hydrogen-bond acceptors (Lipinski definition) is 4. The Morgan fingerprint density at radius 2 is 2.08 bits per heavy atom. The van der Waals surface area contributed by atoms with Gasteiger partial charge >= 0.3 is 0 Å². The number of likely N-dealkylation sites (tertiary alicyclic amines) is 1. The van der Waals surface area contributed by atoms with Crippen molar-refractivity contribution >= 4 is 16.9 Å². The van der Waals surface area contributed by atoms with Crippen molar-refractivity contribution in [3.8, 4) is 10.4 Å². The fraction of sp³-hybridized carbons (Fsp3) is 0.238. The van der Waals surface area contributed by atoms with Crippen LogP contribution in [-0.4, -0.2) is 25.8 Å². The van der Waals surface area contributed by atoms with Gasteiger partial charge in [0.25, 0.3) is 0 Å². The van der Waals surface area contributed by atoms with Crippen molar-refractivity contribution in [1.82, 2.24) is 19.3 Å². The molecular formula is C21H20N4S. The molecule has 1 saturated heterocycles. The zero-order chi connectivity index (χ0) is 17.3. The van der Waals surface area contributed by atoms with E-state index in [1.807, 2.05) is 18.6 Å². The molecule has 5 heteroatoms. The summed E-state index contributed by atoms with van der Waals surface area (Å²) in [7, 11) is 0. The van der Waals surface area contributed by atoms with Crippen LogP contribution in [0.2, 0.25) is 0 Å². The molecule has 0 unspecified atom stereocenters. The molecule has 4 aromatic rings. The number of aromatic nitrogens is 3. The van der Waals surface area contributed by atoms with Crippen LogP contribution >= 0.6 is 11.3 Å². The summed E-state index contributed by atoms with van der Waals surface area (Å²) in [6.07, 6.45) is 8.39. The number of fused-ring (bicyclic) bond motifs is 1. The Labute approximate surface area is 156 Å². The smallest absolute Gasteiger partial charge is 0.0996 e. The third-order valence-corrected chi connectivity index (χ3v) is 6.06. The minimum absolute atomic E-state index is 0.370. The summed E-state index contributed by atoms with van der Waals surface area (Å²) in [4.78, 5) is 13.1. The molecule has 0 spiro atoms. The van der Waals surface area contributed by atoms with Crippen molar-refractivity contribution in [2.75, 3.05) is 6.54 Å². The molecule has 0 bridgehead atoms. The van der Waals surface area contributed by atoms with Crippen LogP contribution in [-0.2, 0) is 6.54 Å². The molecule has 0 amide bonds. The summed E-state index contributed by atoms with van der Waals surface area (Å²) in [6.45, 7) is 1.99. The lowest BCUT2D eigenvalue weighted by molar-refractivity contribution is 0.243. The highest BCUT2D eigenvalue weighted by Crippen LogP contribution is 2.35. The van der Waals surface area contributed by atoms with Crippen LogP contribution in [0.4, 0.5) is 0 Å². The first-order valence-corrected chi connectivity index (χ1v) is 9.91. The summed E-state index contributed by atoms with van der Waals surface area (Å²) in [5.41, 5.74) is 4.77. The maximum Gasteiger partial charge on any atom is 0.0996 e. The molecule has 5 rings (SSSR count). The minimum Gasteiger partial charge on any atom is -0.305 e. The van der Waals surface area contributed by atoms with E-state index in [2.05, 4.69) is 62.3 Å². The quantitative estimate of drug-likeness (QED) is 0.524. The van der Waals surface area contributed by atoms with Crippen LogP contribution in [0.5, 0.6) is 0 Å². The van der Waals surface area contributed by atoms with Gasteiger partial charge in [-0.1, -0.05) is 12.1 Å². The molecule has 0 saturated carbocycles. The summed E-state index contributed by atoms with van der Waals surface area (Å²) in [6, 6.07) is 15.2. The molecule has 1 fully saturated rings. The van der Waals surface area contributed by atoms with Crippen LogP contribution in [0.1, 0.15) is 30.3 Å². The highest BCUT2D eigenvalue weighted by molar-refractivity contribution is 7.13. The Morgan fingerprint density at radius 1 is 1.08 bits per heavy atom. The summed E-state index contributed by atoms with van der Waals surface area (Å²) in [5, 5.41) is 2.12. The van der Waals surface area contributed by atoms with Gasteiger partial charge in [-0.15, -0.1) is 11.3 Å². The van der Waals surface area contributed by atoms with Crippen molar-refractivity contribution in [3.63, 3.8) is 0 Å². The van der Waals surface area contributed by atoms with Gasteiger partial charge in [0.15, 0.2) is 0 Å². The Bertz CT molecular complexity index is 1010. The third kappa shape index (κ3) is 2.83. The van der Waals surface area contributed by atoms with Gasteiger partial charge in [0.2, 0.25) is 0 Å². The molecule has 5 heterocycles. The number of rotatable bonds is 4. The fourth-order valence-electron chi connectivity index (χ4n) is 3.89. The minimum atomic E-state index is 0.370. The second-order valence-electron chi connectivity index (χ2n) is 6.77. The number of thiophene rings is 1. The van der Waals surface area contributed by atoms with Crippen molar-refractivity contribution in [2.24, 2.45) is 0 Å². The van der Waals surface area contributed by atoms with Crippen LogP contribution in [0.25, 0.3) is 16.0 Å². The normalized spacial score (nSPS) is 17.9. The van der Waals surface area contributed by atoms with Gasteiger partial charge in [-0.3, -0.25) is 9.88 Å². The van der Waals surface area contributed by atoms with E-state index in [0.717, 1.165) is 25.2 Å². The van der Waals surface area contributed by atoms with Crippen LogP contribution in [0.3, 0.4) is 0 Å². The molecule has 1 aliphatic heterocycles. The SMILES string of the molecule is c1ccc(CN2CCC[C@H]2c2ncn3cc(-c4cccs4)ccc23)nc1. The van der Waals surface area contributed by atoms with Gasteiger partial charge in [-0.05, 0) is 55.1 Å². The zero-order valence-corrected chi connectivity index (χ0v) is 15.3. The third-order valence-electron chi connectivity index (χ3n) is 5.14. The topological polar surface area (TPSA) is 33.4 Å². The van der Waals surface area contributed by atoms with Crippen LogP contribution in [0.15, 0.2) is 66.6 Å². The first-order valence-electron chi connectivity index (χ1n) is 9.03.